The molecule has 0 saturated carbocycles. The van der Waals surface area contributed by atoms with Crippen molar-refractivity contribution in [1.29, 1.82) is 0 Å². The zero-order chi connectivity index (χ0) is 23.4. The minimum Gasteiger partial charge on any atom is -0.371 e. The van der Waals surface area contributed by atoms with Gasteiger partial charge in [0.25, 0.3) is 5.91 Å². The Morgan fingerprint density at radius 2 is 1.73 bits per heavy atom. The Labute approximate surface area is 196 Å². The predicted molar refractivity (Wildman–Crippen MR) is 134 cm³/mol. The normalized spacial score (nSPS) is 14.4. The molecule has 2 aromatic carbocycles. The van der Waals surface area contributed by atoms with E-state index < -0.39 is 0 Å². The van der Waals surface area contributed by atoms with E-state index in [-0.39, 0.29) is 5.91 Å². The first kappa shape index (κ1) is 22.7. The quantitative estimate of drug-likeness (QED) is 0.601. The highest BCUT2D eigenvalue weighted by molar-refractivity contribution is 6.03. The molecule has 1 aliphatic rings. The molecule has 1 aromatic heterocycles. The largest absolute Gasteiger partial charge is 0.371 e. The van der Waals surface area contributed by atoms with E-state index in [2.05, 4.69) is 57.9 Å². The van der Waals surface area contributed by atoms with Gasteiger partial charge in [-0.2, -0.15) is 0 Å². The van der Waals surface area contributed by atoms with Crippen LogP contribution in [0.3, 0.4) is 0 Å². The second-order valence-electron chi connectivity index (χ2n) is 8.72. The molecule has 0 bridgehead atoms. The molecule has 0 atom stereocenters. The van der Waals surface area contributed by atoms with Gasteiger partial charge in [-0.15, -0.1) is 0 Å². The Morgan fingerprint density at radius 3 is 2.36 bits per heavy atom. The molecule has 6 heteroatoms. The summed E-state index contributed by atoms with van der Waals surface area (Å²) in [5, 5.41) is 2.89. The summed E-state index contributed by atoms with van der Waals surface area (Å²) in [7, 11) is 4.30. The van der Waals surface area contributed by atoms with Gasteiger partial charge in [0.15, 0.2) is 0 Å². The Morgan fingerprint density at radius 1 is 1.06 bits per heavy atom. The molecule has 1 N–H and O–H groups in total. The van der Waals surface area contributed by atoms with E-state index in [4.69, 9.17) is 0 Å². The van der Waals surface area contributed by atoms with Crippen LogP contribution in [0.1, 0.15) is 34.6 Å². The van der Waals surface area contributed by atoms with Crippen LogP contribution in [-0.4, -0.2) is 58.9 Å². The van der Waals surface area contributed by atoms with Crippen LogP contribution < -0.4 is 5.32 Å². The van der Waals surface area contributed by atoms with Crippen LogP contribution in [0.2, 0.25) is 0 Å². The molecule has 0 unspecified atom stereocenters. The number of hydrogen-bond donors (Lipinski definition) is 1. The van der Waals surface area contributed by atoms with Gasteiger partial charge in [0.1, 0.15) is 5.69 Å². The van der Waals surface area contributed by atoms with Crippen molar-refractivity contribution in [1.82, 2.24) is 19.8 Å². The molecule has 6 nitrogen and oxygen atoms in total. The molecule has 0 spiro atoms. The number of rotatable bonds is 6. The summed E-state index contributed by atoms with van der Waals surface area (Å²) in [4.78, 5) is 26.5. The number of nitrogens with zero attached hydrogens (tertiary/aromatic N) is 4. The van der Waals surface area contributed by atoms with Gasteiger partial charge in [0.05, 0.1) is 17.6 Å². The summed E-state index contributed by atoms with van der Waals surface area (Å²) in [5.74, 6) is -0.265. The molecule has 0 radical (unpaired) electrons. The number of aryl methyl sites for hydroxylation is 1. The number of nitrogens with one attached hydrogen (secondary N) is 1. The fourth-order valence-electron chi connectivity index (χ4n) is 4.18. The second-order valence-corrected chi connectivity index (χ2v) is 8.72. The van der Waals surface area contributed by atoms with Crippen LogP contribution in [0.5, 0.6) is 0 Å². The monoisotopic (exact) mass is 441 g/mol. The smallest absolute Gasteiger partial charge is 0.276 e. The van der Waals surface area contributed by atoms with Crippen LogP contribution >= 0.6 is 0 Å². The minimum absolute atomic E-state index is 0.265. The lowest BCUT2D eigenvalue weighted by Gasteiger charge is -2.37. The maximum absolute atomic E-state index is 12.8. The fraction of sp³-hybridized carbons (Fsp3) is 0.296. The molecule has 1 aliphatic heterocycles. The van der Waals surface area contributed by atoms with Crippen molar-refractivity contribution in [3.63, 3.8) is 0 Å². The lowest BCUT2D eigenvalue weighted by atomic mass is 10.0. The molecular weight excluding hydrogens is 410 g/mol. The molecule has 1 fully saturated rings. The zero-order valence-electron chi connectivity index (χ0n) is 19.6. The maximum atomic E-state index is 12.8. The van der Waals surface area contributed by atoms with Crippen LogP contribution in [-0.2, 0) is 0 Å². The number of likely N-dealkylation sites (tertiary alicyclic amines) is 1. The Balaban J connectivity index is 1.47. The van der Waals surface area contributed by atoms with Gasteiger partial charge in [0, 0.05) is 36.1 Å². The first-order chi connectivity index (χ1) is 15.9. The maximum Gasteiger partial charge on any atom is 0.276 e. The van der Waals surface area contributed by atoms with E-state index in [0.717, 1.165) is 48.4 Å². The van der Waals surface area contributed by atoms with E-state index >= 15 is 0 Å². The van der Waals surface area contributed by atoms with Crippen LogP contribution in [0.25, 0.3) is 17.0 Å². The second kappa shape index (κ2) is 9.96. The number of hydrogen-bond acceptors (Lipinski definition) is 5. The first-order valence-corrected chi connectivity index (χ1v) is 11.3. The summed E-state index contributed by atoms with van der Waals surface area (Å²) in [6.07, 6.45) is 4.01. The number of piperidine rings is 1. The van der Waals surface area contributed by atoms with Gasteiger partial charge in [-0.05, 0) is 51.6 Å². The standard InChI is InChI=1S/C27H31N5O/c1-19-26(27(33)29-23-8-6-5-7-9-23)30-25(18-28-19)22-12-10-21(11-13-22)20(2)32-16-14-24(15-17-32)31(3)4/h5-13,18,24H,2,14-17H2,1,3-4H3,(H,29,33). The number of amides is 1. The first-order valence-electron chi connectivity index (χ1n) is 11.3. The summed E-state index contributed by atoms with van der Waals surface area (Å²) < 4.78 is 0. The Hall–Kier alpha value is -3.51. The average molecular weight is 442 g/mol. The zero-order valence-corrected chi connectivity index (χ0v) is 19.6. The number of aromatic nitrogens is 2. The van der Waals surface area contributed by atoms with Gasteiger partial charge in [-0.25, -0.2) is 4.98 Å². The van der Waals surface area contributed by atoms with Crippen molar-refractivity contribution in [2.75, 3.05) is 32.5 Å². The Bertz CT molecular complexity index is 1120. The minimum atomic E-state index is -0.265. The summed E-state index contributed by atoms with van der Waals surface area (Å²) in [6, 6.07) is 18.2. The topological polar surface area (TPSA) is 61.4 Å². The highest BCUT2D eigenvalue weighted by Crippen LogP contribution is 2.26. The SMILES string of the molecule is C=C(c1ccc(-c2cnc(C)c(C(=O)Nc3ccccc3)n2)cc1)N1CCC(N(C)C)CC1. The number of benzene rings is 2. The number of carbonyl (C=O) groups is 1. The van der Waals surface area contributed by atoms with Crippen molar-refractivity contribution in [2.24, 2.45) is 0 Å². The highest BCUT2D eigenvalue weighted by atomic mass is 16.1. The van der Waals surface area contributed by atoms with Crippen LogP contribution in [0.4, 0.5) is 5.69 Å². The highest BCUT2D eigenvalue weighted by Gasteiger charge is 2.22. The van der Waals surface area contributed by atoms with E-state index in [1.54, 1.807) is 13.1 Å². The van der Waals surface area contributed by atoms with Crippen molar-refractivity contribution in [2.45, 2.75) is 25.8 Å². The third-order valence-corrected chi connectivity index (χ3v) is 6.29. The van der Waals surface area contributed by atoms with Crippen molar-refractivity contribution in [3.8, 4) is 11.3 Å². The molecule has 1 saturated heterocycles. The molecular formula is C27H31N5O. The fourth-order valence-corrected chi connectivity index (χ4v) is 4.18. The number of para-hydroxylation sites is 1. The summed E-state index contributed by atoms with van der Waals surface area (Å²) in [5.41, 5.74) is 5.39. The molecule has 1 amide bonds. The lowest BCUT2D eigenvalue weighted by molar-refractivity contribution is 0.102. The van der Waals surface area contributed by atoms with Crippen molar-refractivity contribution >= 4 is 17.3 Å². The molecule has 170 valence electrons. The molecule has 0 aliphatic carbocycles. The van der Waals surface area contributed by atoms with E-state index in [1.165, 1.54) is 0 Å². The summed E-state index contributed by atoms with van der Waals surface area (Å²) in [6.45, 7) is 8.18. The number of anilines is 1. The van der Waals surface area contributed by atoms with Gasteiger partial charge >= 0.3 is 0 Å². The van der Waals surface area contributed by atoms with E-state index in [9.17, 15) is 4.79 Å². The van der Waals surface area contributed by atoms with Gasteiger partial charge in [0.2, 0.25) is 0 Å². The van der Waals surface area contributed by atoms with E-state index in [1.807, 2.05) is 42.5 Å². The van der Waals surface area contributed by atoms with Crippen molar-refractivity contribution < 1.29 is 4.79 Å². The summed E-state index contributed by atoms with van der Waals surface area (Å²) >= 11 is 0. The van der Waals surface area contributed by atoms with Gasteiger partial charge < -0.3 is 15.1 Å². The molecule has 2 heterocycles. The average Bonchev–Trinajstić information content (AvgIpc) is 2.84. The van der Waals surface area contributed by atoms with Gasteiger partial charge in [-0.3, -0.25) is 9.78 Å². The third-order valence-electron chi connectivity index (χ3n) is 6.29. The lowest BCUT2D eigenvalue weighted by Crippen LogP contribution is -2.40. The number of carbonyl (C=O) groups excluding carboxylic acids is 1. The molecule has 33 heavy (non-hydrogen) atoms. The Kier molecular flexibility index (Phi) is 6.84. The molecule has 3 aromatic rings. The van der Waals surface area contributed by atoms with Crippen molar-refractivity contribution in [3.05, 3.63) is 84.3 Å². The van der Waals surface area contributed by atoms with Crippen LogP contribution in [0.15, 0.2) is 67.4 Å². The predicted octanol–water partition coefficient (Wildman–Crippen LogP) is 4.70. The third kappa shape index (κ3) is 5.29. The van der Waals surface area contributed by atoms with Crippen LogP contribution in [0, 0.1) is 6.92 Å². The van der Waals surface area contributed by atoms with Gasteiger partial charge in [-0.1, -0.05) is 49.0 Å². The molecule has 4 rings (SSSR count). The van der Waals surface area contributed by atoms with E-state index in [0.29, 0.717) is 23.1 Å².